The molecular weight excluding hydrogens is 272 g/mol. The van der Waals surface area contributed by atoms with Crippen LogP contribution in [-0.2, 0) is 4.74 Å². The first kappa shape index (κ1) is 15.4. The standard InChI is InChI=1S/C15H22N2O4/c1-19-10-5-4-6-17(9-10)15(18)11-7-13(20-2)14(21-3)8-12(11)16/h7-8,10H,4-6,9,16H2,1-3H3. The zero-order valence-electron chi connectivity index (χ0n) is 12.7. The maximum Gasteiger partial charge on any atom is 0.256 e. The van der Waals surface area contributed by atoms with Crippen molar-refractivity contribution in [1.29, 1.82) is 0 Å². The van der Waals surface area contributed by atoms with E-state index < -0.39 is 0 Å². The Labute approximate surface area is 124 Å². The lowest BCUT2D eigenvalue weighted by atomic mass is 10.1. The van der Waals surface area contributed by atoms with Crippen molar-refractivity contribution in [3.05, 3.63) is 17.7 Å². The molecule has 1 unspecified atom stereocenters. The summed E-state index contributed by atoms with van der Waals surface area (Å²) in [5.41, 5.74) is 6.80. The second-order valence-electron chi connectivity index (χ2n) is 5.05. The van der Waals surface area contributed by atoms with Crippen molar-refractivity contribution < 1.29 is 19.0 Å². The van der Waals surface area contributed by atoms with Gasteiger partial charge in [-0.05, 0) is 18.9 Å². The molecule has 0 saturated carbocycles. The average Bonchev–Trinajstić information content (AvgIpc) is 2.53. The predicted molar refractivity (Wildman–Crippen MR) is 79.9 cm³/mol. The summed E-state index contributed by atoms with van der Waals surface area (Å²) in [6.07, 6.45) is 1.99. The Bertz CT molecular complexity index is 519. The number of ether oxygens (including phenoxy) is 3. The monoisotopic (exact) mass is 294 g/mol. The minimum atomic E-state index is -0.102. The van der Waals surface area contributed by atoms with Gasteiger partial charge in [-0.25, -0.2) is 0 Å². The van der Waals surface area contributed by atoms with Crippen molar-refractivity contribution in [3.63, 3.8) is 0 Å². The van der Waals surface area contributed by atoms with Crippen LogP contribution in [0, 0.1) is 0 Å². The van der Waals surface area contributed by atoms with Crippen LogP contribution in [0.2, 0.25) is 0 Å². The Morgan fingerprint density at radius 2 is 1.90 bits per heavy atom. The lowest BCUT2D eigenvalue weighted by molar-refractivity contribution is 0.0269. The number of likely N-dealkylation sites (tertiary alicyclic amines) is 1. The molecule has 0 spiro atoms. The molecule has 1 aromatic rings. The first-order valence-corrected chi connectivity index (χ1v) is 6.94. The van der Waals surface area contributed by atoms with Gasteiger partial charge in [0, 0.05) is 32.0 Å². The number of carbonyl (C=O) groups is 1. The Kier molecular flexibility index (Phi) is 4.90. The van der Waals surface area contributed by atoms with Crippen molar-refractivity contribution in [1.82, 2.24) is 4.90 Å². The summed E-state index contributed by atoms with van der Waals surface area (Å²) in [5.74, 6) is 0.908. The van der Waals surface area contributed by atoms with Crippen molar-refractivity contribution in [2.75, 3.05) is 40.2 Å². The third kappa shape index (κ3) is 3.21. The summed E-state index contributed by atoms with van der Waals surface area (Å²) in [4.78, 5) is 14.4. The van der Waals surface area contributed by atoms with Gasteiger partial charge in [-0.15, -0.1) is 0 Å². The van der Waals surface area contributed by atoms with E-state index in [1.807, 2.05) is 0 Å². The average molecular weight is 294 g/mol. The van der Waals surface area contributed by atoms with E-state index in [0.717, 1.165) is 12.8 Å². The van der Waals surface area contributed by atoms with Crippen molar-refractivity contribution >= 4 is 11.6 Å². The Balaban J connectivity index is 2.26. The number of nitrogens with two attached hydrogens (primary N) is 1. The molecule has 1 aromatic carbocycles. The van der Waals surface area contributed by atoms with Crippen LogP contribution in [0.1, 0.15) is 23.2 Å². The van der Waals surface area contributed by atoms with Crippen molar-refractivity contribution in [2.24, 2.45) is 0 Å². The van der Waals surface area contributed by atoms with Crippen molar-refractivity contribution in [2.45, 2.75) is 18.9 Å². The molecule has 116 valence electrons. The van der Waals surface area contributed by atoms with Crippen LogP contribution in [0.3, 0.4) is 0 Å². The molecule has 0 aliphatic carbocycles. The highest BCUT2D eigenvalue weighted by Crippen LogP contribution is 2.32. The summed E-state index contributed by atoms with van der Waals surface area (Å²) < 4.78 is 15.8. The van der Waals surface area contributed by atoms with Crippen LogP contribution >= 0.6 is 0 Å². The Hall–Kier alpha value is -1.95. The van der Waals surface area contributed by atoms with Crippen LogP contribution in [0.25, 0.3) is 0 Å². The Morgan fingerprint density at radius 3 is 2.52 bits per heavy atom. The number of anilines is 1. The van der Waals surface area contributed by atoms with Gasteiger partial charge in [0.1, 0.15) is 0 Å². The molecule has 0 bridgehead atoms. The molecule has 1 heterocycles. The number of carbonyl (C=O) groups excluding carboxylic acids is 1. The number of nitrogens with zero attached hydrogens (tertiary/aromatic N) is 1. The quantitative estimate of drug-likeness (QED) is 0.853. The molecule has 2 rings (SSSR count). The number of hydrogen-bond acceptors (Lipinski definition) is 5. The summed E-state index contributed by atoms with van der Waals surface area (Å²) in [6, 6.07) is 3.25. The van der Waals surface area contributed by atoms with Gasteiger partial charge < -0.3 is 24.8 Å². The summed E-state index contributed by atoms with van der Waals surface area (Å²) >= 11 is 0. The van der Waals surface area contributed by atoms with E-state index >= 15 is 0 Å². The van der Waals surface area contributed by atoms with Crippen LogP contribution in [0.4, 0.5) is 5.69 Å². The van der Waals surface area contributed by atoms with E-state index in [1.54, 1.807) is 24.1 Å². The molecule has 1 aliphatic rings. The molecule has 1 amide bonds. The molecule has 0 aromatic heterocycles. The summed E-state index contributed by atoms with van der Waals surface area (Å²) in [7, 11) is 4.74. The second kappa shape index (κ2) is 6.67. The molecule has 1 fully saturated rings. The highest BCUT2D eigenvalue weighted by atomic mass is 16.5. The molecule has 6 nitrogen and oxygen atoms in total. The molecular formula is C15H22N2O4. The fourth-order valence-corrected chi connectivity index (χ4v) is 2.57. The van der Waals surface area contributed by atoms with Crippen LogP contribution < -0.4 is 15.2 Å². The van der Waals surface area contributed by atoms with E-state index in [4.69, 9.17) is 19.9 Å². The number of hydrogen-bond donors (Lipinski definition) is 1. The van der Waals surface area contributed by atoms with Gasteiger partial charge in [-0.2, -0.15) is 0 Å². The number of rotatable bonds is 4. The van der Waals surface area contributed by atoms with E-state index in [1.165, 1.54) is 14.2 Å². The summed E-state index contributed by atoms with van der Waals surface area (Å²) in [5, 5.41) is 0. The van der Waals surface area contributed by atoms with E-state index in [9.17, 15) is 4.79 Å². The molecule has 0 radical (unpaired) electrons. The van der Waals surface area contributed by atoms with Gasteiger partial charge in [0.05, 0.1) is 25.9 Å². The molecule has 21 heavy (non-hydrogen) atoms. The zero-order chi connectivity index (χ0) is 15.4. The first-order chi connectivity index (χ1) is 10.1. The third-order valence-electron chi connectivity index (χ3n) is 3.78. The summed E-state index contributed by atoms with van der Waals surface area (Å²) in [6.45, 7) is 1.30. The minimum absolute atomic E-state index is 0.0871. The van der Waals surface area contributed by atoms with E-state index in [2.05, 4.69) is 0 Å². The van der Waals surface area contributed by atoms with E-state index in [-0.39, 0.29) is 12.0 Å². The molecule has 1 saturated heterocycles. The minimum Gasteiger partial charge on any atom is -0.493 e. The highest BCUT2D eigenvalue weighted by molar-refractivity contribution is 6.00. The van der Waals surface area contributed by atoms with Gasteiger partial charge in [0.2, 0.25) is 0 Å². The third-order valence-corrected chi connectivity index (χ3v) is 3.78. The number of amides is 1. The SMILES string of the molecule is COc1cc(N)c(C(=O)N2CCCC(OC)C2)cc1OC. The topological polar surface area (TPSA) is 74.0 Å². The number of piperidine rings is 1. The normalized spacial score (nSPS) is 18.4. The number of benzene rings is 1. The number of methoxy groups -OCH3 is 3. The smallest absolute Gasteiger partial charge is 0.256 e. The fraction of sp³-hybridized carbons (Fsp3) is 0.533. The van der Waals surface area contributed by atoms with E-state index in [0.29, 0.717) is 35.8 Å². The van der Waals surface area contributed by atoms with Crippen LogP contribution in [0.15, 0.2) is 12.1 Å². The highest BCUT2D eigenvalue weighted by Gasteiger charge is 2.26. The second-order valence-corrected chi connectivity index (χ2v) is 5.05. The zero-order valence-corrected chi connectivity index (χ0v) is 12.7. The maximum absolute atomic E-state index is 12.6. The molecule has 1 atom stereocenters. The number of nitrogen functional groups attached to an aromatic ring is 1. The first-order valence-electron chi connectivity index (χ1n) is 6.94. The fourth-order valence-electron chi connectivity index (χ4n) is 2.57. The molecule has 6 heteroatoms. The molecule has 1 aliphatic heterocycles. The van der Waals surface area contributed by atoms with Crippen molar-refractivity contribution in [3.8, 4) is 11.5 Å². The van der Waals surface area contributed by atoms with Gasteiger partial charge in [-0.3, -0.25) is 4.79 Å². The predicted octanol–water partition coefficient (Wildman–Crippen LogP) is 1.54. The van der Waals surface area contributed by atoms with Crippen LogP contribution in [0.5, 0.6) is 11.5 Å². The molecule has 2 N–H and O–H groups in total. The van der Waals surface area contributed by atoms with Crippen LogP contribution in [-0.4, -0.2) is 51.3 Å². The van der Waals surface area contributed by atoms with Gasteiger partial charge in [-0.1, -0.05) is 0 Å². The Morgan fingerprint density at radius 1 is 1.24 bits per heavy atom. The van der Waals surface area contributed by atoms with Gasteiger partial charge in [0.25, 0.3) is 5.91 Å². The lowest BCUT2D eigenvalue weighted by Gasteiger charge is -2.32. The van der Waals surface area contributed by atoms with Gasteiger partial charge >= 0.3 is 0 Å². The van der Waals surface area contributed by atoms with Gasteiger partial charge in [0.15, 0.2) is 11.5 Å². The largest absolute Gasteiger partial charge is 0.493 e. The maximum atomic E-state index is 12.6. The lowest BCUT2D eigenvalue weighted by Crippen LogP contribution is -2.43.